The van der Waals surface area contributed by atoms with Crippen LogP contribution in [0, 0.1) is 0 Å². The molecule has 0 amide bonds. The molecule has 0 saturated heterocycles. The van der Waals surface area contributed by atoms with Gasteiger partial charge in [-0.3, -0.25) is 0 Å². The summed E-state index contributed by atoms with van der Waals surface area (Å²) in [5, 5.41) is 7.00. The van der Waals surface area contributed by atoms with Crippen LogP contribution >= 0.6 is 18.6 Å². The van der Waals surface area contributed by atoms with E-state index in [1.807, 2.05) is 11.3 Å². The third kappa shape index (κ3) is 5.32. The average Bonchev–Trinajstić information content (AvgIpc) is 3.27. The molecule has 0 fully saturated rings. The maximum absolute atomic E-state index is 2.48. The first-order valence-corrected chi connectivity index (χ1v) is 15.6. The van der Waals surface area contributed by atoms with Crippen molar-refractivity contribution in [3.63, 3.8) is 0 Å². The van der Waals surface area contributed by atoms with E-state index in [0.717, 1.165) is 6.16 Å². The van der Waals surface area contributed by atoms with Gasteiger partial charge >= 0.3 is 205 Å². The summed E-state index contributed by atoms with van der Waals surface area (Å²) < 4.78 is 0. The summed E-state index contributed by atoms with van der Waals surface area (Å²) >= 11 is 2.02. The zero-order chi connectivity index (χ0) is 22.9. The molecule has 1 aromatic heterocycles. The summed E-state index contributed by atoms with van der Waals surface area (Å²) in [7, 11) is -2.24. The normalized spacial score (nSPS) is 12.1. The van der Waals surface area contributed by atoms with Crippen molar-refractivity contribution in [1.29, 1.82) is 0 Å². The molecule has 0 aliphatic rings. The van der Waals surface area contributed by atoms with Gasteiger partial charge in [-0.2, -0.15) is 0 Å². The Morgan fingerprint density at radius 2 is 1.06 bits per heavy atom. The molecule has 0 aliphatic carbocycles. The van der Waals surface area contributed by atoms with Gasteiger partial charge in [-0.1, -0.05) is 0 Å². The zero-order valence-electron chi connectivity index (χ0n) is 20.1. The van der Waals surface area contributed by atoms with E-state index in [1.165, 1.54) is 54.4 Å². The Balaban J connectivity index is 1.91. The fourth-order valence-corrected chi connectivity index (χ4v) is 11.6. The van der Waals surface area contributed by atoms with Gasteiger partial charge < -0.3 is 0 Å². The molecule has 4 aromatic rings. The number of thiophene rings is 1. The maximum atomic E-state index is 2.48. The van der Waals surface area contributed by atoms with E-state index in [-0.39, 0.29) is 0 Å². The van der Waals surface area contributed by atoms with Crippen molar-refractivity contribution in [2.45, 2.75) is 58.5 Å². The monoisotopic (exact) mass is 472 g/mol. The standard InChI is InChI=1S/C31H37PS/c1-3-5-16-26-25-33-31(30(26)23-6-4-2)24-32(27-17-10-7-11-18-27,28-19-12-8-13-20-28)29-21-14-9-15-22-29/h7-15,17-22,25,32H,3-6,16,23-24H2,1-2H3. The van der Waals surface area contributed by atoms with Gasteiger partial charge in [0.05, 0.1) is 0 Å². The van der Waals surface area contributed by atoms with Crippen LogP contribution in [0.5, 0.6) is 0 Å². The summed E-state index contributed by atoms with van der Waals surface area (Å²) in [6.07, 6.45) is 8.66. The van der Waals surface area contributed by atoms with Gasteiger partial charge in [-0.25, -0.2) is 0 Å². The number of benzene rings is 3. The van der Waals surface area contributed by atoms with Crippen molar-refractivity contribution in [2.24, 2.45) is 0 Å². The van der Waals surface area contributed by atoms with E-state index in [0.29, 0.717) is 0 Å². The number of unbranched alkanes of at least 4 members (excludes halogenated alkanes) is 2. The fourth-order valence-electron chi connectivity index (χ4n) is 5.06. The summed E-state index contributed by atoms with van der Waals surface area (Å²) in [4.78, 5) is 1.62. The second-order valence-electron chi connectivity index (χ2n) is 9.05. The first-order chi connectivity index (χ1) is 16.3. The van der Waals surface area contributed by atoms with E-state index in [2.05, 4.69) is 110 Å². The predicted octanol–water partition coefficient (Wildman–Crippen LogP) is 7.66. The summed E-state index contributed by atoms with van der Waals surface area (Å²) in [5.74, 6) is 0. The minimum absolute atomic E-state index is 1.14. The first kappa shape index (κ1) is 23.9. The topological polar surface area (TPSA) is 0 Å². The Morgan fingerprint density at radius 1 is 0.606 bits per heavy atom. The summed E-state index contributed by atoms with van der Waals surface area (Å²) in [6, 6.07) is 34.1. The van der Waals surface area contributed by atoms with Crippen molar-refractivity contribution in [3.8, 4) is 0 Å². The third-order valence-electron chi connectivity index (χ3n) is 6.87. The van der Waals surface area contributed by atoms with Crippen LogP contribution in [-0.4, -0.2) is 0 Å². The van der Waals surface area contributed by atoms with E-state index < -0.39 is 7.26 Å². The first-order valence-electron chi connectivity index (χ1n) is 12.5. The molecule has 0 unspecified atom stereocenters. The third-order valence-corrected chi connectivity index (χ3v) is 13.0. The van der Waals surface area contributed by atoms with Gasteiger partial charge in [0, 0.05) is 0 Å². The van der Waals surface area contributed by atoms with Gasteiger partial charge in [0.15, 0.2) is 0 Å². The molecule has 1 heterocycles. The van der Waals surface area contributed by atoms with E-state index in [9.17, 15) is 0 Å². The molecule has 0 saturated carbocycles. The molecule has 172 valence electrons. The Morgan fingerprint density at radius 3 is 1.52 bits per heavy atom. The molecule has 0 spiro atoms. The van der Waals surface area contributed by atoms with Crippen LogP contribution < -0.4 is 15.9 Å². The van der Waals surface area contributed by atoms with E-state index in [1.54, 1.807) is 16.0 Å². The molecule has 33 heavy (non-hydrogen) atoms. The number of rotatable bonds is 11. The molecule has 0 radical (unpaired) electrons. The van der Waals surface area contributed by atoms with Crippen LogP contribution in [0.1, 0.15) is 55.5 Å². The van der Waals surface area contributed by atoms with Gasteiger partial charge in [0.2, 0.25) is 0 Å². The average molecular weight is 473 g/mol. The van der Waals surface area contributed by atoms with Crippen molar-refractivity contribution in [2.75, 3.05) is 0 Å². The molecule has 0 aliphatic heterocycles. The van der Waals surface area contributed by atoms with Crippen LogP contribution in [0.4, 0.5) is 0 Å². The Kier molecular flexibility index (Phi) is 8.54. The molecule has 3 aromatic carbocycles. The van der Waals surface area contributed by atoms with Gasteiger partial charge in [0.1, 0.15) is 0 Å². The second kappa shape index (κ2) is 11.8. The Hall–Kier alpha value is -2.21. The van der Waals surface area contributed by atoms with Crippen molar-refractivity contribution < 1.29 is 0 Å². The van der Waals surface area contributed by atoms with Gasteiger partial charge in [0.25, 0.3) is 0 Å². The van der Waals surface area contributed by atoms with Crippen LogP contribution in [0.15, 0.2) is 96.4 Å². The molecular weight excluding hydrogens is 435 g/mol. The SMILES string of the molecule is CCCCc1csc(C[PH](c2ccccc2)(c2ccccc2)c2ccccc2)c1CCCC. The van der Waals surface area contributed by atoms with E-state index >= 15 is 0 Å². The van der Waals surface area contributed by atoms with E-state index in [4.69, 9.17) is 0 Å². The Bertz CT molecular complexity index is 1000. The number of hydrogen-bond donors (Lipinski definition) is 0. The molecule has 4 rings (SSSR count). The van der Waals surface area contributed by atoms with Crippen molar-refractivity contribution in [3.05, 3.63) is 112 Å². The molecule has 0 bridgehead atoms. The zero-order valence-corrected chi connectivity index (χ0v) is 21.9. The minimum atomic E-state index is -2.24. The van der Waals surface area contributed by atoms with Crippen LogP contribution in [-0.2, 0) is 19.0 Å². The van der Waals surface area contributed by atoms with Crippen LogP contribution in [0.2, 0.25) is 0 Å². The molecule has 0 atom stereocenters. The Labute approximate surface area is 205 Å². The second-order valence-corrected chi connectivity index (χ2v) is 13.9. The van der Waals surface area contributed by atoms with Crippen LogP contribution in [0.25, 0.3) is 0 Å². The molecular formula is C31H37PS. The molecule has 0 N–H and O–H groups in total. The molecule has 0 nitrogen and oxygen atoms in total. The quantitative estimate of drug-likeness (QED) is 0.197. The van der Waals surface area contributed by atoms with Crippen molar-refractivity contribution in [1.82, 2.24) is 0 Å². The number of hydrogen-bond acceptors (Lipinski definition) is 1. The molecule has 2 heteroatoms. The number of aryl methyl sites for hydroxylation is 1. The fraction of sp³-hybridized carbons (Fsp3) is 0.290. The predicted molar refractivity (Wildman–Crippen MR) is 152 cm³/mol. The van der Waals surface area contributed by atoms with Gasteiger partial charge in [-0.05, 0) is 0 Å². The van der Waals surface area contributed by atoms with Gasteiger partial charge in [-0.15, -0.1) is 0 Å². The van der Waals surface area contributed by atoms with Crippen LogP contribution in [0.3, 0.4) is 0 Å². The summed E-state index contributed by atoms with van der Waals surface area (Å²) in [5.41, 5.74) is 3.28. The van der Waals surface area contributed by atoms with Crippen molar-refractivity contribution >= 4 is 34.5 Å². The summed E-state index contributed by atoms with van der Waals surface area (Å²) in [6.45, 7) is 4.62.